The van der Waals surface area contributed by atoms with E-state index in [1.54, 1.807) is 61.0 Å². The Balaban J connectivity index is 0.853. The fourth-order valence-electron chi connectivity index (χ4n) is 6.54. The van der Waals surface area contributed by atoms with Crippen LogP contribution in [0.3, 0.4) is 0 Å². The molecule has 61 heavy (non-hydrogen) atoms. The monoisotopic (exact) mass is 822 g/mol. The van der Waals surface area contributed by atoms with Crippen LogP contribution < -0.4 is 18.9 Å². The predicted octanol–water partition coefficient (Wildman–Crippen LogP) is 11.7. The zero-order chi connectivity index (χ0) is 42.8. The molecule has 0 spiro atoms. The summed E-state index contributed by atoms with van der Waals surface area (Å²) in [6.45, 7) is 6.85. The van der Waals surface area contributed by atoms with Crippen LogP contribution in [0.2, 0.25) is 0 Å². The zero-order valence-electron chi connectivity index (χ0n) is 35.0. The summed E-state index contributed by atoms with van der Waals surface area (Å²) in [6.07, 6.45) is 12.3. The lowest BCUT2D eigenvalue weighted by Crippen LogP contribution is -2.08. The van der Waals surface area contributed by atoms with Gasteiger partial charge < -0.3 is 29.2 Å². The molecule has 10 nitrogen and oxygen atoms in total. The molecule has 0 aliphatic rings. The molecule has 0 radical (unpaired) electrons. The van der Waals surface area contributed by atoms with Crippen molar-refractivity contribution in [3.63, 3.8) is 0 Å². The molecule has 0 atom stereocenters. The molecule has 0 saturated carbocycles. The Morgan fingerprint density at radius 1 is 0.475 bits per heavy atom. The highest BCUT2D eigenvalue weighted by molar-refractivity contribution is 5.98. The maximum absolute atomic E-state index is 12.9. The molecule has 0 bridgehead atoms. The average molecular weight is 823 g/mol. The number of ether oxygens (including phenoxy) is 4. The molecule has 0 amide bonds. The smallest absolute Gasteiger partial charge is 0.343 e. The van der Waals surface area contributed by atoms with E-state index in [0.29, 0.717) is 48.6 Å². The lowest BCUT2D eigenvalue weighted by molar-refractivity contribution is 0.0725. The van der Waals surface area contributed by atoms with Gasteiger partial charge in [0.15, 0.2) is 0 Å². The Labute approximate surface area is 357 Å². The Hall–Kier alpha value is -6.68. The maximum atomic E-state index is 12.9. The van der Waals surface area contributed by atoms with Crippen molar-refractivity contribution < 1.29 is 38.7 Å². The number of aromatic hydroxyl groups is 2. The molecule has 0 fully saturated rings. The van der Waals surface area contributed by atoms with Crippen molar-refractivity contribution >= 4 is 45.9 Å². The second kappa shape index (κ2) is 22.6. The van der Waals surface area contributed by atoms with Crippen molar-refractivity contribution in [3.8, 4) is 34.5 Å². The number of esters is 2. The van der Waals surface area contributed by atoms with Gasteiger partial charge >= 0.3 is 11.9 Å². The normalized spacial score (nSPS) is 11.4. The summed E-state index contributed by atoms with van der Waals surface area (Å²) < 4.78 is 22.7. The molecule has 0 heterocycles. The first kappa shape index (κ1) is 43.9. The number of carbonyl (C=O) groups excluding carboxylic acids is 2. The number of unbranched alkanes of at least 4 members (excludes halogenated alkanes) is 6. The van der Waals surface area contributed by atoms with E-state index in [0.717, 1.165) is 90.8 Å². The molecule has 6 rings (SSSR count). The SMILES string of the molecule is CCCCOc1ccc2cc(C(=O)Oc3ccc(C=NCCCCCCCN=Cc4ccc(OC(=O)c5ccc6cc(OCCCC)ccc6c5)cc4O)c(O)c3)ccc2c1. The fraction of sp³-hybridized carbons (Fsp3) is 0.294. The molecule has 0 unspecified atom stereocenters. The number of rotatable bonds is 22. The summed E-state index contributed by atoms with van der Waals surface area (Å²) >= 11 is 0. The summed E-state index contributed by atoms with van der Waals surface area (Å²) in [5, 5.41) is 24.8. The summed E-state index contributed by atoms with van der Waals surface area (Å²) in [7, 11) is 0. The van der Waals surface area contributed by atoms with Gasteiger partial charge in [-0.2, -0.15) is 0 Å². The number of phenolic OH excluding ortho intramolecular Hbond substituents is 2. The van der Waals surface area contributed by atoms with Gasteiger partial charge in [0.05, 0.1) is 24.3 Å². The van der Waals surface area contributed by atoms with Crippen LogP contribution >= 0.6 is 0 Å². The first-order valence-corrected chi connectivity index (χ1v) is 21.2. The summed E-state index contributed by atoms with van der Waals surface area (Å²) in [6, 6.07) is 31.8. The zero-order valence-corrected chi connectivity index (χ0v) is 35.0. The lowest BCUT2D eigenvalue weighted by Gasteiger charge is -2.09. The molecule has 2 N–H and O–H groups in total. The third kappa shape index (κ3) is 13.2. The summed E-state index contributed by atoms with van der Waals surface area (Å²) in [5.41, 5.74) is 1.92. The lowest BCUT2D eigenvalue weighted by atomic mass is 10.1. The number of fused-ring (bicyclic) bond motifs is 2. The Morgan fingerprint density at radius 2 is 0.869 bits per heavy atom. The van der Waals surface area contributed by atoms with Crippen LogP contribution in [0.4, 0.5) is 0 Å². The molecule has 6 aromatic rings. The number of nitrogens with zero attached hydrogens (tertiary/aromatic N) is 2. The standard InChI is InChI=1S/C51H54N2O8/c1-3-5-26-58-44-20-16-36-28-40(14-12-38(36)30-44)50(56)60-46-22-18-42(48(54)32-46)34-52-24-10-8-7-9-11-25-53-35-43-19-23-47(33-49(43)55)61-51(57)41-15-13-39-31-45(59-27-6-4-2)21-17-37(39)29-41/h12-23,28-35,54-55H,3-11,24-27H2,1-2H3. The van der Waals surface area contributed by atoms with Crippen molar-refractivity contribution in [2.45, 2.75) is 71.6 Å². The van der Waals surface area contributed by atoms with Gasteiger partial charge in [-0.15, -0.1) is 0 Å². The van der Waals surface area contributed by atoms with Crippen molar-refractivity contribution in [1.82, 2.24) is 0 Å². The average Bonchev–Trinajstić information content (AvgIpc) is 3.26. The van der Waals surface area contributed by atoms with E-state index in [-0.39, 0.29) is 23.0 Å². The van der Waals surface area contributed by atoms with E-state index in [2.05, 4.69) is 23.8 Å². The number of hydrogen-bond donors (Lipinski definition) is 2. The van der Waals surface area contributed by atoms with E-state index in [1.807, 2.05) is 48.5 Å². The van der Waals surface area contributed by atoms with Crippen LogP contribution in [-0.2, 0) is 0 Å². The number of hydrogen-bond acceptors (Lipinski definition) is 10. The predicted molar refractivity (Wildman–Crippen MR) is 243 cm³/mol. The largest absolute Gasteiger partial charge is 0.507 e. The first-order chi connectivity index (χ1) is 29.8. The molecular formula is C51H54N2O8. The highest BCUT2D eigenvalue weighted by Crippen LogP contribution is 2.28. The van der Waals surface area contributed by atoms with E-state index >= 15 is 0 Å². The topological polar surface area (TPSA) is 136 Å². The van der Waals surface area contributed by atoms with Gasteiger partial charge in [0, 0.05) is 48.8 Å². The highest BCUT2D eigenvalue weighted by Gasteiger charge is 2.13. The minimum absolute atomic E-state index is 0.0173. The van der Waals surface area contributed by atoms with Crippen LogP contribution in [0.1, 0.15) is 103 Å². The molecule has 316 valence electrons. The molecule has 0 aliphatic heterocycles. The van der Waals surface area contributed by atoms with Crippen molar-refractivity contribution in [2.24, 2.45) is 9.98 Å². The fourth-order valence-corrected chi connectivity index (χ4v) is 6.54. The number of phenols is 2. The third-order valence-electron chi connectivity index (χ3n) is 10.1. The number of carbonyl (C=O) groups is 2. The Kier molecular flexibility index (Phi) is 16.3. The van der Waals surface area contributed by atoms with Crippen molar-refractivity contribution in [1.29, 1.82) is 0 Å². The van der Waals surface area contributed by atoms with Crippen molar-refractivity contribution in [2.75, 3.05) is 26.3 Å². The van der Waals surface area contributed by atoms with Crippen LogP contribution in [0.15, 0.2) is 119 Å². The second-order valence-corrected chi connectivity index (χ2v) is 14.9. The maximum Gasteiger partial charge on any atom is 0.343 e. The van der Waals surface area contributed by atoms with Gasteiger partial charge in [0.25, 0.3) is 0 Å². The molecule has 0 aliphatic carbocycles. The minimum Gasteiger partial charge on any atom is -0.507 e. The van der Waals surface area contributed by atoms with E-state index in [9.17, 15) is 19.8 Å². The number of aliphatic imine (C=N–C) groups is 2. The van der Waals surface area contributed by atoms with Gasteiger partial charge in [-0.25, -0.2) is 9.59 Å². The van der Waals surface area contributed by atoms with Crippen LogP contribution in [0, 0.1) is 0 Å². The van der Waals surface area contributed by atoms with Crippen LogP contribution in [0.25, 0.3) is 21.5 Å². The van der Waals surface area contributed by atoms with E-state index < -0.39 is 11.9 Å². The van der Waals surface area contributed by atoms with Gasteiger partial charge in [0.1, 0.15) is 34.5 Å². The van der Waals surface area contributed by atoms with Gasteiger partial charge in [-0.3, -0.25) is 9.98 Å². The van der Waals surface area contributed by atoms with E-state index in [1.165, 1.54) is 12.1 Å². The molecular weight excluding hydrogens is 769 g/mol. The highest BCUT2D eigenvalue weighted by atomic mass is 16.5. The Morgan fingerprint density at radius 3 is 1.30 bits per heavy atom. The number of benzene rings is 6. The molecule has 0 saturated heterocycles. The summed E-state index contributed by atoms with van der Waals surface area (Å²) in [4.78, 5) is 34.7. The van der Waals surface area contributed by atoms with E-state index in [4.69, 9.17) is 18.9 Å². The quantitative estimate of drug-likeness (QED) is 0.0299. The molecule has 0 aromatic heterocycles. The van der Waals surface area contributed by atoms with Gasteiger partial charge in [-0.05, 0) is 120 Å². The second-order valence-electron chi connectivity index (χ2n) is 14.9. The van der Waals surface area contributed by atoms with Crippen molar-refractivity contribution in [3.05, 3.63) is 131 Å². The third-order valence-corrected chi connectivity index (χ3v) is 10.1. The summed E-state index contributed by atoms with van der Waals surface area (Å²) in [5.74, 6) is 1.05. The van der Waals surface area contributed by atoms with Gasteiger partial charge in [0.2, 0.25) is 0 Å². The Bertz CT molecular complexity index is 2310. The van der Waals surface area contributed by atoms with Crippen LogP contribution in [-0.4, -0.2) is 60.9 Å². The van der Waals surface area contributed by atoms with Crippen LogP contribution in [0.5, 0.6) is 34.5 Å². The first-order valence-electron chi connectivity index (χ1n) is 21.2. The molecule has 10 heteroatoms. The van der Waals surface area contributed by atoms with Gasteiger partial charge in [-0.1, -0.05) is 70.2 Å². The minimum atomic E-state index is -0.509. The molecule has 6 aromatic carbocycles.